The number of carbonyl (C=O) groups excluding carboxylic acids is 1. The number of methoxy groups -OCH3 is 1. The van der Waals surface area contributed by atoms with Crippen molar-refractivity contribution in [3.05, 3.63) is 45.6 Å². The van der Waals surface area contributed by atoms with Gasteiger partial charge in [0.25, 0.3) is 5.56 Å². The fraction of sp³-hybridized carbons (Fsp3) is 0.300. The summed E-state index contributed by atoms with van der Waals surface area (Å²) in [6.45, 7) is 1.62. The number of benzene rings is 1. The number of hydrogen-bond donors (Lipinski definition) is 0. The Morgan fingerprint density at radius 2 is 1.96 bits per heavy atom. The molecule has 1 aromatic carbocycles. The smallest absolute Gasteiger partial charge is 0.348 e. The van der Waals surface area contributed by atoms with Gasteiger partial charge in [-0.2, -0.15) is 0 Å². The monoisotopic (exact) mass is 400 g/mol. The molecule has 3 heterocycles. The number of esters is 1. The number of aryl methyl sites for hydroxylation is 1. The van der Waals surface area contributed by atoms with Crippen molar-refractivity contribution >= 4 is 59.0 Å². The Balaban J connectivity index is 1.97. The van der Waals surface area contributed by atoms with Crippen LogP contribution in [0.3, 0.4) is 0 Å². The summed E-state index contributed by atoms with van der Waals surface area (Å²) >= 11 is 2.86. The molecule has 0 atom stereocenters. The summed E-state index contributed by atoms with van der Waals surface area (Å²) < 4.78 is 8.48. The van der Waals surface area contributed by atoms with Gasteiger partial charge >= 0.3 is 5.97 Å². The molecule has 27 heavy (non-hydrogen) atoms. The van der Waals surface area contributed by atoms with Crippen LogP contribution in [-0.4, -0.2) is 43.2 Å². The molecule has 0 aliphatic carbocycles. The zero-order valence-corrected chi connectivity index (χ0v) is 17.1. The number of para-hydroxylation sites is 1. The number of aromatic nitrogens is 1. The molecule has 0 aliphatic heterocycles. The Labute approximate surface area is 164 Å². The summed E-state index contributed by atoms with van der Waals surface area (Å²) in [6, 6.07) is 9.87. The first kappa shape index (κ1) is 18.2. The van der Waals surface area contributed by atoms with E-state index < -0.39 is 0 Å². The van der Waals surface area contributed by atoms with E-state index >= 15 is 0 Å². The highest BCUT2D eigenvalue weighted by atomic mass is 32.2. The second-order valence-corrected chi connectivity index (χ2v) is 9.07. The molecule has 0 N–H and O–H groups in total. The second kappa shape index (κ2) is 7.07. The van der Waals surface area contributed by atoms with Gasteiger partial charge in [-0.25, -0.2) is 4.79 Å². The summed E-state index contributed by atoms with van der Waals surface area (Å²) in [5.74, 6) is -0.335. The van der Waals surface area contributed by atoms with Gasteiger partial charge in [0.2, 0.25) is 0 Å². The van der Waals surface area contributed by atoms with E-state index in [4.69, 9.17) is 4.74 Å². The number of nitrogens with zero attached hydrogens (tertiary/aromatic N) is 2. The van der Waals surface area contributed by atoms with Crippen molar-refractivity contribution in [1.82, 2.24) is 9.47 Å². The van der Waals surface area contributed by atoms with Crippen molar-refractivity contribution in [3.8, 4) is 0 Å². The Hall–Kier alpha value is -2.22. The molecule has 0 amide bonds. The molecule has 5 nitrogen and oxygen atoms in total. The highest BCUT2D eigenvalue weighted by Gasteiger charge is 2.20. The molecule has 4 rings (SSSR count). The van der Waals surface area contributed by atoms with Crippen molar-refractivity contribution in [2.75, 3.05) is 27.7 Å². The first-order valence-electron chi connectivity index (χ1n) is 8.72. The van der Waals surface area contributed by atoms with Gasteiger partial charge in [0.15, 0.2) is 0 Å². The van der Waals surface area contributed by atoms with Crippen LogP contribution in [0, 0.1) is 0 Å². The average Bonchev–Trinajstić information content (AvgIpc) is 3.21. The van der Waals surface area contributed by atoms with Gasteiger partial charge in [-0.1, -0.05) is 18.2 Å². The summed E-state index contributed by atoms with van der Waals surface area (Å²) in [5.41, 5.74) is 0.995. The second-order valence-electron chi connectivity index (χ2n) is 6.74. The SMILES string of the molecule is COC(=O)c1cc2c(s1)sc1c(=O)n(CCCN(C)C)c3ccccc3c12. The fourth-order valence-electron chi connectivity index (χ4n) is 3.43. The minimum Gasteiger partial charge on any atom is -0.465 e. The van der Waals surface area contributed by atoms with E-state index in [0.717, 1.165) is 43.4 Å². The third-order valence-corrected chi connectivity index (χ3v) is 7.06. The zero-order valence-electron chi connectivity index (χ0n) is 15.4. The lowest BCUT2D eigenvalue weighted by molar-refractivity contribution is 0.0606. The number of thiophene rings is 2. The maximum atomic E-state index is 13.2. The Bertz CT molecular complexity index is 1220. The average molecular weight is 401 g/mol. The maximum Gasteiger partial charge on any atom is 0.348 e. The van der Waals surface area contributed by atoms with E-state index in [-0.39, 0.29) is 11.5 Å². The molecule has 140 valence electrons. The van der Waals surface area contributed by atoms with Crippen LogP contribution in [-0.2, 0) is 11.3 Å². The van der Waals surface area contributed by atoms with Crippen LogP contribution in [0.15, 0.2) is 35.1 Å². The van der Waals surface area contributed by atoms with Crippen LogP contribution >= 0.6 is 22.7 Å². The van der Waals surface area contributed by atoms with Gasteiger partial charge in [0.1, 0.15) is 9.58 Å². The van der Waals surface area contributed by atoms with E-state index in [1.807, 2.05) is 42.9 Å². The molecule has 3 aromatic heterocycles. The molecule has 0 saturated heterocycles. The number of hydrogen-bond acceptors (Lipinski definition) is 6. The molecule has 0 bridgehead atoms. The lowest BCUT2D eigenvalue weighted by atomic mass is 10.1. The number of carbonyl (C=O) groups is 1. The molecule has 7 heteroatoms. The van der Waals surface area contributed by atoms with Crippen molar-refractivity contribution < 1.29 is 9.53 Å². The molecule has 0 spiro atoms. The summed E-state index contributed by atoms with van der Waals surface area (Å²) in [4.78, 5) is 27.8. The molecule has 0 aliphatic rings. The highest BCUT2D eigenvalue weighted by molar-refractivity contribution is 7.42. The van der Waals surface area contributed by atoms with E-state index in [1.165, 1.54) is 29.8 Å². The highest BCUT2D eigenvalue weighted by Crippen LogP contribution is 2.41. The molecule has 0 fully saturated rings. The predicted molar refractivity (Wildman–Crippen MR) is 113 cm³/mol. The largest absolute Gasteiger partial charge is 0.465 e. The van der Waals surface area contributed by atoms with Gasteiger partial charge in [-0.3, -0.25) is 4.79 Å². The quantitative estimate of drug-likeness (QED) is 0.472. The number of rotatable bonds is 5. The van der Waals surface area contributed by atoms with Crippen LogP contribution in [0.25, 0.3) is 30.4 Å². The van der Waals surface area contributed by atoms with Crippen molar-refractivity contribution in [2.45, 2.75) is 13.0 Å². The Morgan fingerprint density at radius 3 is 2.70 bits per heavy atom. The zero-order chi connectivity index (χ0) is 19.1. The minimum atomic E-state index is -0.335. The molecule has 0 radical (unpaired) electrons. The van der Waals surface area contributed by atoms with Gasteiger partial charge in [-0.15, -0.1) is 22.7 Å². The van der Waals surface area contributed by atoms with Gasteiger partial charge in [0, 0.05) is 22.7 Å². The summed E-state index contributed by atoms with van der Waals surface area (Å²) in [6.07, 6.45) is 0.911. The van der Waals surface area contributed by atoms with Gasteiger partial charge in [-0.05, 0) is 39.2 Å². The van der Waals surface area contributed by atoms with E-state index in [2.05, 4.69) is 11.0 Å². The molecule has 4 aromatic rings. The summed E-state index contributed by atoms with van der Waals surface area (Å²) in [7, 11) is 5.46. The maximum absolute atomic E-state index is 13.2. The Kier molecular flexibility index (Phi) is 4.75. The van der Waals surface area contributed by atoms with Gasteiger partial charge < -0.3 is 14.2 Å². The molecular formula is C20H20N2O3S2. The van der Waals surface area contributed by atoms with Crippen LogP contribution in [0.5, 0.6) is 0 Å². The first-order chi connectivity index (χ1) is 13.0. The van der Waals surface area contributed by atoms with Crippen molar-refractivity contribution in [2.24, 2.45) is 0 Å². The first-order valence-corrected chi connectivity index (χ1v) is 10.3. The van der Waals surface area contributed by atoms with Gasteiger partial charge in [0.05, 0.1) is 16.6 Å². The number of fused-ring (bicyclic) bond motifs is 5. The van der Waals surface area contributed by atoms with E-state index in [0.29, 0.717) is 11.4 Å². The number of ether oxygens (including phenoxy) is 1. The lowest BCUT2D eigenvalue weighted by Crippen LogP contribution is -2.23. The van der Waals surface area contributed by atoms with E-state index in [1.54, 1.807) is 0 Å². The van der Waals surface area contributed by atoms with Crippen molar-refractivity contribution in [3.63, 3.8) is 0 Å². The standard InChI is InChI=1S/C20H20N2O3S2/c1-21(2)9-6-10-22-14-8-5-4-7-12(14)16-13-11-15(19(24)25-3)26-20(13)27-17(16)18(22)23/h4-5,7-8,11H,6,9-10H2,1-3H3. The molecule has 0 saturated carbocycles. The van der Waals surface area contributed by atoms with Crippen LogP contribution in [0.4, 0.5) is 0 Å². The molecular weight excluding hydrogens is 380 g/mol. The third kappa shape index (κ3) is 3.05. The third-order valence-electron chi connectivity index (χ3n) is 4.67. The van der Waals surface area contributed by atoms with Crippen LogP contribution < -0.4 is 5.56 Å². The number of pyridine rings is 1. The van der Waals surface area contributed by atoms with E-state index in [9.17, 15) is 9.59 Å². The fourth-order valence-corrected chi connectivity index (χ4v) is 5.90. The normalized spacial score (nSPS) is 11.9. The topological polar surface area (TPSA) is 51.5 Å². The minimum absolute atomic E-state index is 0.0514. The molecule has 0 unspecified atom stereocenters. The van der Waals surface area contributed by atoms with Crippen molar-refractivity contribution in [1.29, 1.82) is 0 Å². The van der Waals surface area contributed by atoms with Crippen LogP contribution in [0.1, 0.15) is 16.1 Å². The predicted octanol–water partition coefficient (Wildman–Crippen LogP) is 4.17. The Morgan fingerprint density at radius 1 is 1.19 bits per heavy atom. The summed E-state index contributed by atoms with van der Waals surface area (Å²) in [5, 5.41) is 2.97. The lowest BCUT2D eigenvalue weighted by Gasteiger charge is -2.13. The van der Waals surface area contributed by atoms with Crippen LogP contribution in [0.2, 0.25) is 0 Å².